The maximum Gasteiger partial charge on any atom is 0.242 e. The molecule has 0 fully saturated rings. The standard InChI is InChI=1S/C11H13ClN2O2S/c1-9(7-13)8-14(2)17(15,16)11-5-3-4-10(12)6-11/h3-6,9H,8H2,1-2H3. The van der Waals surface area contributed by atoms with Gasteiger partial charge in [-0.1, -0.05) is 17.7 Å². The Balaban J connectivity index is 3.00. The van der Waals surface area contributed by atoms with Crippen LogP contribution in [0.1, 0.15) is 6.92 Å². The zero-order chi connectivity index (χ0) is 13.1. The van der Waals surface area contributed by atoms with Crippen molar-refractivity contribution in [2.75, 3.05) is 13.6 Å². The molecule has 92 valence electrons. The average Bonchev–Trinajstić information content (AvgIpc) is 2.28. The van der Waals surface area contributed by atoms with E-state index in [-0.39, 0.29) is 17.4 Å². The van der Waals surface area contributed by atoms with Gasteiger partial charge < -0.3 is 0 Å². The SMILES string of the molecule is CC(C#N)CN(C)S(=O)(=O)c1cccc(Cl)c1. The van der Waals surface area contributed by atoms with Crippen molar-refractivity contribution in [3.05, 3.63) is 29.3 Å². The second kappa shape index (κ2) is 5.50. The Morgan fingerprint density at radius 1 is 1.53 bits per heavy atom. The maximum atomic E-state index is 12.1. The molecule has 6 heteroatoms. The van der Waals surface area contributed by atoms with Crippen molar-refractivity contribution in [3.8, 4) is 6.07 Å². The summed E-state index contributed by atoms with van der Waals surface area (Å²) in [5, 5.41) is 9.04. The third-order valence-electron chi connectivity index (χ3n) is 2.26. The predicted molar refractivity (Wildman–Crippen MR) is 66.0 cm³/mol. The Kier molecular flexibility index (Phi) is 4.52. The van der Waals surface area contributed by atoms with Gasteiger partial charge in [0.1, 0.15) is 0 Å². The highest BCUT2D eigenvalue weighted by Crippen LogP contribution is 2.19. The van der Waals surface area contributed by atoms with Crippen LogP contribution in [0.3, 0.4) is 0 Å². The first-order valence-electron chi connectivity index (χ1n) is 4.99. The van der Waals surface area contributed by atoms with Crippen LogP contribution in [0.2, 0.25) is 5.02 Å². The predicted octanol–water partition coefficient (Wildman–Crippen LogP) is 2.12. The lowest BCUT2D eigenvalue weighted by Gasteiger charge is -2.18. The summed E-state index contributed by atoms with van der Waals surface area (Å²) in [5.74, 6) is -0.353. The van der Waals surface area contributed by atoms with Crippen LogP contribution in [0, 0.1) is 17.2 Å². The van der Waals surface area contributed by atoms with Crippen LogP contribution in [0.4, 0.5) is 0 Å². The van der Waals surface area contributed by atoms with Gasteiger partial charge in [0.2, 0.25) is 10.0 Å². The lowest BCUT2D eigenvalue weighted by molar-refractivity contribution is 0.439. The summed E-state index contributed by atoms with van der Waals surface area (Å²) in [7, 11) is -2.12. The van der Waals surface area contributed by atoms with Gasteiger partial charge in [-0.05, 0) is 25.1 Å². The van der Waals surface area contributed by atoms with Crippen molar-refractivity contribution in [3.63, 3.8) is 0 Å². The Hall–Kier alpha value is -1.09. The van der Waals surface area contributed by atoms with E-state index in [9.17, 15) is 8.42 Å². The van der Waals surface area contributed by atoms with Gasteiger partial charge in [0, 0.05) is 18.6 Å². The van der Waals surface area contributed by atoms with Gasteiger partial charge in [-0.3, -0.25) is 0 Å². The molecule has 1 unspecified atom stereocenters. The first kappa shape index (κ1) is 14.0. The maximum absolute atomic E-state index is 12.1. The zero-order valence-electron chi connectivity index (χ0n) is 9.59. The van der Waals surface area contributed by atoms with Gasteiger partial charge in [-0.2, -0.15) is 9.57 Å². The number of nitrogens with zero attached hydrogens (tertiary/aromatic N) is 2. The largest absolute Gasteiger partial charge is 0.242 e. The van der Waals surface area contributed by atoms with Crippen molar-refractivity contribution < 1.29 is 8.42 Å². The van der Waals surface area contributed by atoms with Gasteiger partial charge >= 0.3 is 0 Å². The number of halogens is 1. The highest BCUT2D eigenvalue weighted by atomic mass is 35.5. The Labute approximate surface area is 106 Å². The smallest absolute Gasteiger partial charge is 0.207 e. The summed E-state index contributed by atoms with van der Waals surface area (Å²) < 4.78 is 25.3. The third kappa shape index (κ3) is 3.43. The second-order valence-corrected chi connectivity index (χ2v) is 6.25. The van der Waals surface area contributed by atoms with E-state index in [0.717, 1.165) is 4.31 Å². The van der Waals surface area contributed by atoms with Gasteiger partial charge in [0.05, 0.1) is 16.9 Å². The highest BCUT2D eigenvalue weighted by Gasteiger charge is 2.22. The quantitative estimate of drug-likeness (QED) is 0.843. The van der Waals surface area contributed by atoms with Crippen molar-refractivity contribution >= 4 is 21.6 Å². The van der Waals surface area contributed by atoms with Crippen molar-refractivity contribution in [2.24, 2.45) is 5.92 Å². The fourth-order valence-electron chi connectivity index (χ4n) is 1.33. The van der Waals surface area contributed by atoms with E-state index in [1.54, 1.807) is 19.1 Å². The molecule has 1 aromatic carbocycles. The fraction of sp³-hybridized carbons (Fsp3) is 0.364. The molecule has 0 spiro atoms. The molecule has 0 N–H and O–H groups in total. The minimum atomic E-state index is -3.57. The van der Waals surface area contributed by atoms with E-state index in [0.29, 0.717) is 5.02 Å². The van der Waals surface area contributed by atoms with Crippen LogP contribution in [-0.2, 0) is 10.0 Å². The molecular weight excluding hydrogens is 260 g/mol. The van der Waals surface area contributed by atoms with Crippen LogP contribution >= 0.6 is 11.6 Å². The minimum Gasteiger partial charge on any atom is -0.207 e. The van der Waals surface area contributed by atoms with Gasteiger partial charge in [-0.25, -0.2) is 8.42 Å². The highest BCUT2D eigenvalue weighted by molar-refractivity contribution is 7.89. The molecule has 0 bridgehead atoms. The Morgan fingerprint density at radius 3 is 2.71 bits per heavy atom. The molecule has 0 amide bonds. The lowest BCUT2D eigenvalue weighted by atomic mass is 10.2. The molecule has 0 saturated carbocycles. The number of sulfonamides is 1. The van der Waals surface area contributed by atoms with Gasteiger partial charge in [-0.15, -0.1) is 0 Å². The third-order valence-corrected chi connectivity index (χ3v) is 4.31. The van der Waals surface area contributed by atoms with E-state index >= 15 is 0 Å². The topological polar surface area (TPSA) is 61.2 Å². The van der Waals surface area contributed by atoms with E-state index in [1.165, 1.54) is 19.2 Å². The van der Waals surface area contributed by atoms with Gasteiger partial charge in [0.25, 0.3) is 0 Å². The molecule has 0 aliphatic heterocycles. The van der Waals surface area contributed by atoms with Crippen molar-refractivity contribution in [1.29, 1.82) is 5.26 Å². The normalized spacial score (nSPS) is 13.4. The zero-order valence-corrected chi connectivity index (χ0v) is 11.2. The summed E-state index contributed by atoms with van der Waals surface area (Å²) in [5.41, 5.74) is 0. The summed E-state index contributed by atoms with van der Waals surface area (Å²) in [4.78, 5) is 0.137. The second-order valence-electron chi connectivity index (χ2n) is 3.77. The van der Waals surface area contributed by atoms with Crippen LogP contribution in [0.25, 0.3) is 0 Å². The first-order valence-corrected chi connectivity index (χ1v) is 6.81. The first-order chi connectivity index (χ1) is 7.87. The van der Waals surface area contributed by atoms with Crippen molar-refractivity contribution in [1.82, 2.24) is 4.31 Å². The van der Waals surface area contributed by atoms with E-state index < -0.39 is 10.0 Å². The Bertz CT molecular complexity index is 537. The minimum absolute atomic E-state index is 0.137. The van der Waals surface area contributed by atoms with Crippen LogP contribution in [-0.4, -0.2) is 26.3 Å². The molecule has 0 radical (unpaired) electrons. The monoisotopic (exact) mass is 272 g/mol. The van der Waals surface area contributed by atoms with Gasteiger partial charge in [0.15, 0.2) is 0 Å². The lowest BCUT2D eigenvalue weighted by Crippen LogP contribution is -2.30. The number of benzene rings is 1. The average molecular weight is 273 g/mol. The molecule has 17 heavy (non-hydrogen) atoms. The van der Waals surface area contributed by atoms with E-state index in [2.05, 4.69) is 0 Å². The molecule has 1 atom stereocenters. The summed E-state index contributed by atoms with van der Waals surface area (Å²) >= 11 is 5.75. The summed E-state index contributed by atoms with van der Waals surface area (Å²) in [6.45, 7) is 1.83. The van der Waals surface area contributed by atoms with Crippen LogP contribution < -0.4 is 0 Å². The van der Waals surface area contributed by atoms with Crippen LogP contribution in [0.5, 0.6) is 0 Å². The molecule has 1 rings (SSSR count). The van der Waals surface area contributed by atoms with Crippen molar-refractivity contribution in [2.45, 2.75) is 11.8 Å². The number of hydrogen-bond acceptors (Lipinski definition) is 3. The molecule has 0 saturated heterocycles. The molecular formula is C11H13ClN2O2S. The molecule has 0 aliphatic rings. The Morgan fingerprint density at radius 2 is 2.18 bits per heavy atom. The molecule has 0 aliphatic carbocycles. The molecule has 1 aromatic rings. The molecule has 0 heterocycles. The summed E-state index contributed by atoms with van der Waals surface area (Å²) in [6, 6.07) is 8.06. The number of rotatable bonds is 4. The number of nitriles is 1. The number of hydrogen-bond donors (Lipinski definition) is 0. The molecule has 4 nitrogen and oxygen atoms in total. The van der Waals surface area contributed by atoms with E-state index in [4.69, 9.17) is 16.9 Å². The van der Waals surface area contributed by atoms with Crippen LogP contribution in [0.15, 0.2) is 29.2 Å². The summed E-state index contributed by atoms with van der Waals surface area (Å²) in [6.07, 6.45) is 0. The fourth-order valence-corrected chi connectivity index (χ4v) is 2.89. The molecule has 0 aromatic heterocycles. The van der Waals surface area contributed by atoms with E-state index in [1.807, 2.05) is 6.07 Å².